The molecule has 0 atom stereocenters. The maximum atomic E-state index is 11.1. The molecule has 0 aliphatic carbocycles. The van der Waals surface area contributed by atoms with Crippen LogP contribution in [-0.2, 0) is 11.2 Å². The molecular weight excluding hydrogens is 300 g/mol. The summed E-state index contributed by atoms with van der Waals surface area (Å²) in [6.45, 7) is 0. The second-order valence-corrected chi connectivity index (χ2v) is 5.28. The number of halogens is 1. The molecule has 22 heavy (non-hydrogen) atoms. The molecule has 2 aromatic carbocycles. The van der Waals surface area contributed by atoms with Gasteiger partial charge in [0.2, 0.25) is 0 Å². The number of para-hydroxylation sites is 1. The molecule has 5 heteroatoms. The minimum Gasteiger partial charge on any atom is -0.481 e. The molecule has 1 N–H and O–H groups in total. The van der Waals surface area contributed by atoms with E-state index in [9.17, 15) is 4.79 Å². The first-order valence-corrected chi connectivity index (χ1v) is 7.13. The van der Waals surface area contributed by atoms with Crippen molar-refractivity contribution in [2.45, 2.75) is 6.42 Å². The molecule has 0 bridgehead atoms. The molecule has 4 nitrogen and oxygen atoms in total. The number of carboxylic acids is 1. The lowest BCUT2D eigenvalue weighted by Gasteiger charge is -2.00. The molecule has 0 aliphatic heterocycles. The van der Waals surface area contributed by atoms with Gasteiger partial charge in [0.25, 0.3) is 0 Å². The Kier molecular flexibility index (Phi) is 3.94. The van der Waals surface area contributed by atoms with Crippen LogP contribution in [0.1, 0.15) is 5.69 Å². The van der Waals surface area contributed by atoms with Crippen LogP contribution in [0.25, 0.3) is 16.8 Å². The topological polar surface area (TPSA) is 55.1 Å². The number of carbonyl (C=O) groups is 1. The molecule has 0 spiro atoms. The largest absolute Gasteiger partial charge is 0.481 e. The third-order valence-corrected chi connectivity index (χ3v) is 3.54. The van der Waals surface area contributed by atoms with E-state index in [4.69, 9.17) is 16.7 Å². The number of benzene rings is 2. The predicted octanol–water partition coefficient (Wildman–Crippen LogP) is 3.82. The van der Waals surface area contributed by atoms with Crippen molar-refractivity contribution in [3.8, 4) is 16.8 Å². The Hall–Kier alpha value is -2.59. The van der Waals surface area contributed by atoms with Crippen molar-refractivity contribution < 1.29 is 9.90 Å². The molecule has 0 saturated carbocycles. The van der Waals surface area contributed by atoms with E-state index >= 15 is 0 Å². The molecule has 0 unspecified atom stereocenters. The van der Waals surface area contributed by atoms with E-state index in [0.717, 1.165) is 16.8 Å². The highest BCUT2D eigenvalue weighted by Gasteiger charge is 2.14. The number of aliphatic carboxylic acids is 1. The van der Waals surface area contributed by atoms with Gasteiger partial charge in [-0.1, -0.05) is 41.9 Å². The molecule has 3 aromatic rings. The first-order valence-electron chi connectivity index (χ1n) is 6.75. The van der Waals surface area contributed by atoms with Crippen molar-refractivity contribution in [1.29, 1.82) is 0 Å². The highest BCUT2D eigenvalue weighted by Crippen LogP contribution is 2.26. The molecule has 0 amide bonds. The Balaban J connectivity index is 2.09. The minimum atomic E-state index is -0.909. The summed E-state index contributed by atoms with van der Waals surface area (Å²) in [6.07, 6.45) is 1.72. The standard InChI is InChI=1S/C17H13ClN2O2/c18-13-8-6-12(7-9-13)15-11-20(14-4-2-1-3-5-14)19-16(15)10-17(21)22/h1-9,11H,10H2,(H,21,22). The number of hydrogen-bond acceptors (Lipinski definition) is 2. The van der Waals surface area contributed by atoms with E-state index in [1.54, 1.807) is 16.8 Å². The number of nitrogens with zero attached hydrogens (tertiary/aromatic N) is 2. The van der Waals surface area contributed by atoms with Gasteiger partial charge in [-0.15, -0.1) is 0 Å². The van der Waals surface area contributed by atoms with Crippen LogP contribution in [0.4, 0.5) is 0 Å². The van der Waals surface area contributed by atoms with Gasteiger partial charge in [-0.05, 0) is 29.8 Å². The van der Waals surface area contributed by atoms with E-state index in [1.807, 2.05) is 48.7 Å². The Morgan fingerprint density at radius 2 is 1.77 bits per heavy atom. The fourth-order valence-corrected chi connectivity index (χ4v) is 2.39. The van der Waals surface area contributed by atoms with Gasteiger partial charge in [0.1, 0.15) is 0 Å². The van der Waals surface area contributed by atoms with E-state index in [0.29, 0.717) is 10.7 Å². The quantitative estimate of drug-likeness (QED) is 0.796. The molecule has 0 saturated heterocycles. The fraction of sp³-hybridized carbons (Fsp3) is 0.0588. The summed E-state index contributed by atoms with van der Waals surface area (Å²) >= 11 is 5.91. The van der Waals surface area contributed by atoms with Gasteiger partial charge in [-0.3, -0.25) is 4.79 Å². The third-order valence-electron chi connectivity index (χ3n) is 3.29. The highest BCUT2D eigenvalue weighted by atomic mass is 35.5. The number of aromatic nitrogens is 2. The van der Waals surface area contributed by atoms with Gasteiger partial charge < -0.3 is 5.11 Å². The van der Waals surface area contributed by atoms with Crippen molar-refractivity contribution >= 4 is 17.6 Å². The molecule has 3 rings (SSSR count). The summed E-state index contributed by atoms with van der Waals surface area (Å²) in [4.78, 5) is 11.1. The second kappa shape index (κ2) is 6.03. The van der Waals surface area contributed by atoms with Crippen LogP contribution in [-0.4, -0.2) is 20.9 Å². The third kappa shape index (κ3) is 3.02. The second-order valence-electron chi connectivity index (χ2n) is 4.85. The molecule has 1 heterocycles. The van der Waals surface area contributed by atoms with Gasteiger partial charge >= 0.3 is 5.97 Å². The van der Waals surface area contributed by atoms with Crippen LogP contribution < -0.4 is 0 Å². The summed E-state index contributed by atoms with van der Waals surface area (Å²) in [5.41, 5.74) is 3.10. The monoisotopic (exact) mass is 312 g/mol. The van der Waals surface area contributed by atoms with Gasteiger partial charge in [0, 0.05) is 16.8 Å². The molecule has 110 valence electrons. The lowest BCUT2D eigenvalue weighted by molar-refractivity contribution is -0.136. The SMILES string of the molecule is O=C(O)Cc1nn(-c2ccccc2)cc1-c1ccc(Cl)cc1. The van der Waals surface area contributed by atoms with Crippen molar-refractivity contribution in [3.05, 3.63) is 71.5 Å². The molecule has 0 fully saturated rings. The summed E-state index contributed by atoms with van der Waals surface area (Å²) in [6, 6.07) is 16.9. The molecule has 0 aliphatic rings. The Labute approximate surface area is 132 Å². The van der Waals surface area contributed by atoms with Crippen molar-refractivity contribution in [3.63, 3.8) is 0 Å². The summed E-state index contributed by atoms with van der Waals surface area (Å²) in [5, 5.41) is 14.2. The normalized spacial score (nSPS) is 10.6. The molecular formula is C17H13ClN2O2. The van der Waals surface area contributed by atoms with Gasteiger partial charge in [0.05, 0.1) is 17.8 Å². The Morgan fingerprint density at radius 3 is 2.41 bits per heavy atom. The van der Waals surface area contributed by atoms with Gasteiger partial charge in [-0.25, -0.2) is 4.68 Å². The van der Waals surface area contributed by atoms with Crippen LogP contribution in [0, 0.1) is 0 Å². The first-order chi connectivity index (χ1) is 10.6. The van der Waals surface area contributed by atoms with E-state index in [2.05, 4.69) is 5.10 Å². The van der Waals surface area contributed by atoms with E-state index in [1.165, 1.54) is 0 Å². The van der Waals surface area contributed by atoms with E-state index in [-0.39, 0.29) is 6.42 Å². The van der Waals surface area contributed by atoms with Crippen molar-refractivity contribution in [2.24, 2.45) is 0 Å². The average molecular weight is 313 g/mol. The zero-order chi connectivity index (χ0) is 15.5. The Bertz CT molecular complexity index is 795. The summed E-state index contributed by atoms with van der Waals surface area (Å²) in [5.74, 6) is -0.909. The Morgan fingerprint density at radius 1 is 1.09 bits per heavy atom. The predicted molar refractivity (Wildman–Crippen MR) is 85.3 cm³/mol. The van der Waals surface area contributed by atoms with Crippen molar-refractivity contribution in [1.82, 2.24) is 9.78 Å². The van der Waals surface area contributed by atoms with Crippen LogP contribution in [0.5, 0.6) is 0 Å². The highest BCUT2D eigenvalue weighted by molar-refractivity contribution is 6.30. The maximum absolute atomic E-state index is 11.1. The van der Waals surface area contributed by atoms with Crippen LogP contribution >= 0.6 is 11.6 Å². The average Bonchev–Trinajstić information content (AvgIpc) is 2.92. The lowest BCUT2D eigenvalue weighted by atomic mass is 10.1. The molecule has 0 radical (unpaired) electrons. The van der Waals surface area contributed by atoms with Crippen LogP contribution in [0.2, 0.25) is 5.02 Å². The first kappa shape index (κ1) is 14.4. The number of carboxylic acid groups (broad SMARTS) is 1. The lowest BCUT2D eigenvalue weighted by Crippen LogP contribution is -2.03. The van der Waals surface area contributed by atoms with Crippen molar-refractivity contribution in [2.75, 3.05) is 0 Å². The fourth-order valence-electron chi connectivity index (χ4n) is 2.27. The zero-order valence-corrected chi connectivity index (χ0v) is 12.4. The zero-order valence-electron chi connectivity index (χ0n) is 11.6. The minimum absolute atomic E-state index is 0.127. The van der Waals surface area contributed by atoms with Crippen LogP contribution in [0.3, 0.4) is 0 Å². The van der Waals surface area contributed by atoms with E-state index < -0.39 is 5.97 Å². The van der Waals surface area contributed by atoms with Gasteiger partial charge in [-0.2, -0.15) is 5.10 Å². The number of hydrogen-bond donors (Lipinski definition) is 1. The van der Waals surface area contributed by atoms with Gasteiger partial charge in [0.15, 0.2) is 0 Å². The number of rotatable bonds is 4. The molecule has 1 aromatic heterocycles. The summed E-state index contributed by atoms with van der Waals surface area (Å²) in [7, 11) is 0. The summed E-state index contributed by atoms with van der Waals surface area (Å²) < 4.78 is 1.70. The smallest absolute Gasteiger partial charge is 0.309 e. The van der Waals surface area contributed by atoms with Crippen LogP contribution in [0.15, 0.2) is 60.8 Å². The maximum Gasteiger partial charge on any atom is 0.309 e.